The Hall–Kier alpha value is 0.0800. The van der Waals surface area contributed by atoms with Crippen molar-refractivity contribution in [3.63, 3.8) is 0 Å². The third-order valence-corrected chi connectivity index (χ3v) is 1.24. The predicted octanol–water partition coefficient (Wildman–Crippen LogP) is 2.93. The summed E-state index contributed by atoms with van der Waals surface area (Å²) in [4.78, 5) is 0. The zero-order valence-corrected chi connectivity index (χ0v) is 8.22. The zero-order chi connectivity index (χ0) is 9.07. The van der Waals surface area contributed by atoms with E-state index in [1.807, 2.05) is 0 Å². The second-order valence-electron chi connectivity index (χ2n) is 2.07. The lowest BCUT2D eigenvalue weighted by Crippen LogP contribution is -2.21. The van der Waals surface area contributed by atoms with Crippen LogP contribution in [0.3, 0.4) is 0 Å². The maximum Gasteiger partial charge on any atom is 0.265 e. The van der Waals surface area contributed by atoms with E-state index >= 15 is 0 Å². The molecule has 0 heterocycles. The molecular formula is C6H8Cl3NO. The first-order valence-corrected chi connectivity index (χ1v) is 3.90. The summed E-state index contributed by atoms with van der Waals surface area (Å²) >= 11 is 16.0. The smallest absolute Gasteiger partial charge is 0.265 e. The van der Waals surface area contributed by atoms with E-state index in [1.54, 1.807) is 6.92 Å². The van der Waals surface area contributed by atoms with Crippen LogP contribution >= 0.6 is 34.8 Å². The number of rotatable bonds is 2. The number of ether oxygens (including phenoxy) is 1. The quantitative estimate of drug-likeness (QED) is 0.327. The second-order valence-corrected chi connectivity index (χ2v) is 4.35. The SMILES string of the molecule is C=C(C)COC(=N)C(Cl)(Cl)Cl. The van der Waals surface area contributed by atoms with Crippen LogP contribution < -0.4 is 0 Å². The van der Waals surface area contributed by atoms with Gasteiger partial charge in [0.1, 0.15) is 6.61 Å². The standard InChI is InChI=1S/C6H8Cl3NO/c1-4(2)3-11-5(10)6(7,8)9/h10H,1,3H2,2H3. The summed E-state index contributed by atoms with van der Waals surface area (Å²) in [6.07, 6.45) is 0. The molecule has 0 spiro atoms. The van der Waals surface area contributed by atoms with Crippen LogP contribution in [0.2, 0.25) is 0 Å². The van der Waals surface area contributed by atoms with Gasteiger partial charge in [0.2, 0.25) is 5.90 Å². The van der Waals surface area contributed by atoms with Crippen molar-refractivity contribution in [2.45, 2.75) is 10.7 Å². The van der Waals surface area contributed by atoms with E-state index in [-0.39, 0.29) is 12.5 Å². The van der Waals surface area contributed by atoms with Crippen LogP contribution in [0.5, 0.6) is 0 Å². The molecule has 0 amide bonds. The van der Waals surface area contributed by atoms with Gasteiger partial charge in [0.05, 0.1) is 0 Å². The Morgan fingerprint density at radius 2 is 2.00 bits per heavy atom. The molecule has 0 bridgehead atoms. The van der Waals surface area contributed by atoms with Crippen molar-refractivity contribution < 1.29 is 4.74 Å². The van der Waals surface area contributed by atoms with E-state index in [0.717, 1.165) is 5.57 Å². The van der Waals surface area contributed by atoms with Gasteiger partial charge in [0.25, 0.3) is 3.79 Å². The van der Waals surface area contributed by atoms with Crippen molar-refractivity contribution in [1.29, 1.82) is 5.41 Å². The Bertz CT molecular complexity index is 173. The molecule has 0 aromatic carbocycles. The molecule has 0 saturated carbocycles. The summed E-state index contributed by atoms with van der Waals surface area (Å²) in [6, 6.07) is 0. The average molecular weight is 216 g/mol. The number of nitrogens with one attached hydrogen (secondary N) is 1. The molecule has 2 nitrogen and oxygen atoms in total. The molecule has 0 aromatic heterocycles. The minimum Gasteiger partial charge on any atom is -0.474 e. The monoisotopic (exact) mass is 215 g/mol. The summed E-state index contributed by atoms with van der Waals surface area (Å²) in [5.74, 6) is -0.384. The largest absolute Gasteiger partial charge is 0.474 e. The maximum absolute atomic E-state index is 7.07. The fourth-order valence-corrected chi connectivity index (χ4v) is 0.441. The van der Waals surface area contributed by atoms with Crippen molar-refractivity contribution in [1.82, 2.24) is 0 Å². The highest BCUT2D eigenvalue weighted by Crippen LogP contribution is 2.27. The molecule has 11 heavy (non-hydrogen) atoms. The van der Waals surface area contributed by atoms with Crippen LogP contribution in [-0.2, 0) is 4.74 Å². The van der Waals surface area contributed by atoms with Gasteiger partial charge < -0.3 is 4.74 Å². The fraction of sp³-hybridized carbons (Fsp3) is 0.500. The molecule has 64 valence electrons. The van der Waals surface area contributed by atoms with Gasteiger partial charge in [0, 0.05) is 0 Å². The Kier molecular flexibility index (Phi) is 4.22. The van der Waals surface area contributed by atoms with E-state index in [9.17, 15) is 0 Å². The molecule has 0 aliphatic carbocycles. The minimum absolute atomic E-state index is 0.201. The average Bonchev–Trinajstić information content (AvgIpc) is 1.80. The van der Waals surface area contributed by atoms with Crippen LogP contribution in [0.15, 0.2) is 12.2 Å². The van der Waals surface area contributed by atoms with Crippen molar-refractivity contribution in [3.8, 4) is 0 Å². The molecule has 0 saturated heterocycles. The number of hydrogen-bond acceptors (Lipinski definition) is 2. The lowest BCUT2D eigenvalue weighted by Gasteiger charge is -2.12. The molecule has 0 fully saturated rings. The zero-order valence-electron chi connectivity index (χ0n) is 5.96. The molecule has 1 N–H and O–H groups in total. The first-order chi connectivity index (χ1) is 4.84. The van der Waals surface area contributed by atoms with Gasteiger partial charge in [-0.1, -0.05) is 41.4 Å². The first kappa shape index (κ1) is 11.1. The van der Waals surface area contributed by atoms with E-state index < -0.39 is 3.79 Å². The first-order valence-electron chi connectivity index (χ1n) is 2.77. The molecule has 0 unspecified atom stereocenters. The number of hydrogen-bond donors (Lipinski definition) is 1. The third kappa shape index (κ3) is 5.36. The lowest BCUT2D eigenvalue weighted by molar-refractivity contribution is 0.330. The van der Waals surface area contributed by atoms with Crippen LogP contribution in [0.25, 0.3) is 0 Å². The summed E-state index contributed by atoms with van der Waals surface area (Å²) in [5, 5.41) is 7.07. The molecule has 0 rings (SSSR count). The van der Waals surface area contributed by atoms with Gasteiger partial charge in [-0.05, 0) is 12.5 Å². The molecule has 0 aliphatic rings. The molecule has 5 heteroatoms. The predicted molar refractivity (Wildman–Crippen MR) is 48.8 cm³/mol. The molecule has 0 aliphatic heterocycles. The summed E-state index contributed by atoms with van der Waals surface area (Å²) in [7, 11) is 0. The Labute approximate surface area is 80.6 Å². The van der Waals surface area contributed by atoms with Gasteiger partial charge in [-0.15, -0.1) is 0 Å². The summed E-state index contributed by atoms with van der Waals surface area (Å²) in [6.45, 7) is 5.51. The number of alkyl halides is 3. The van der Waals surface area contributed by atoms with Crippen molar-refractivity contribution in [2.75, 3.05) is 6.61 Å². The van der Waals surface area contributed by atoms with Gasteiger partial charge in [-0.3, -0.25) is 5.41 Å². The summed E-state index contributed by atoms with van der Waals surface area (Å²) < 4.78 is 2.99. The lowest BCUT2D eigenvalue weighted by atomic mass is 10.4. The Balaban J connectivity index is 3.80. The van der Waals surface area contributed by atoms with E-state index in [2.05, 4.69) is 6.58 Å². The highest BCUT2D eigenvalue weighted by atomic mass is 35.6. The second kappa shape index (κ2) is 4.19. The highest BCUT2D eigenvalue weighted by molar-refractivity contribution is 6.76. The van der Waals surface area contributed by atoms with E-state index in [0.29, 0.717) is 0 Å². The van der Waals surface area contributed by atoms with Gasteiger partial charge in [-0.2, -0.15) is 0 Å². The van der Waals surface area contributed by atoms with Crippen LogP contribution in [-0.4, -0.2) is 16.3 Å². The molecule has 0 atom stereocenters. The van der Waals surface area contributed by atoms with Gasteiger partial charge in [0.15, 0.2) is 0 Å². The minimum atomic E-state index is -1.77. The maximum atomic E-state index is 7.07. The normalized spacial score (nSPS) is 10.9. The molecule has 0 radical (unpaired) electrons. The van der Waals surface area contributed by atoms with E-state index in [1.165, 1.54) is 0 Å². The van der Waals surface area contributed by atoms with Crippen molar-refractivity contribution in [2.24, 2.45) is 0 Å². The number of halogens is 3. The fourth-order valence-electron chi connectivity index (χ4n) is 0.277. The highest BCUT2D eigenvalue weighted by Gasteiger charge is 2.28. The van der Waals surface area contributed by atoms with Gasteiger partial charge in [-0.25, -0.2) is 0 Å². The molecule has 0 aromatic rings. The topological polar surface area (TPSA) is 33.1 Å². The Morgan fingerprint density at radius 3 is 2.27 bits per heavy atom. The molecular weight excluding hydrogens is 208 g/mol. The summed E-state index contributed by atoms with van der Waals surface area (Å²) in [5.41, 5.74) is 0.768. The Morgan fingerprint density at radius 1 is 1.55 bits per heavy atom. The van der Waals surface area contributed by atoms with E-state index in [4.69, 9.17) is 44.9 Å². The van der Waals surface area contributed by atoms with Crippen molar-refractivity contribution >= 4 is 40.7 Å². The van der Waals surface area contributed by atoms with Crippen LogP contribution in [0, 0.1) is 5.41 Å². The van der Waals surface area contributed by atoms with Crippen molar-refractivity contribution in [3.05, 3.63) is 12.2 Å². The van der Waals surface area contributed by atoms with Gasteiger partial charge >= 0.3 is 0 Å². The third-order valence-electron chi connectivity index (χ3n) is 0.720. The van der Waals surface area contributed by atoms with Crippen LogP contribution in [0.4, 0.5) is 0 Å². The van der Waals surface area contributed by atoms with Crippen LogP contribution in [0.1, 0.15) is 6.92 Å².